The first-order valence-corrected chi connectivity index (χ1v) is 6.13. The van der Waals surface area contributed by atoms with Crippen molar-refractivity contribution in [3.8, 4) is 5.75 Å². The van der Waals surface area contributed by atoms with E-state index in [4.69, 9.17) is 4.74 Å². The Morgan fingerprint density at radius 3 is 3.00 bits per heavy atom. The average molecular weight is 209 g/mol. The van der Waals surface area contributed by atoms with Crippen molar-refractivity contribution in [2.24, 2.45) is 0 Å². The summed E-state index contributed by atoms with van der Waals surface area (Å²) in [6.45, 7) is 2.05. The molecule has 2 nitrogen and oxygen atoms in total. The third kappa shape index (κ3) is 2.22. The highest BCUT2D eigenvalue weighted by Gasteiger charge is 2.16. The van der Waals surface area contributed by atoms with Crippen LogP contribution in [0.3, 0.4) is 0 Å². The molecule has 1 atom stereocenters. The zero-order chi connectivity index (χ0) is 9.80. The molecule has 14 heavy (non-hydrogen) atoms. The lowest BCUT2D eigenvalue weighted by Gasteiger charge is -2.14. The number of ether oxygens (including phenoxy) is 1. The monoisotopic (exact) mass is 209 g/mol. The van der Waals surface area contributed by atoms with Crippen LogP contribution in [0.1, 0.15) is 6.42 Å². The molecule has 0 spiro atoms. The Balaban J connectivity index is 2.07. The number of rotatable bonds is 3. The minimum atomic E-state index is 0.350. The Kier molecular flexibility index (Phi) is 3.32. The van der Waals surface area contributed by atoms with Crippen molar-refractivity contribution in [2.75, 3.05) is 19.3 Å². The smallest absolute Gasteiger partial charge is 0.133 e. The molecule has 1 N–H and O–H groups in total. The first-order valence-electron chi connectivity index (χ1n) is 4.90. The van der Waals surface area contributed by atoms with Gasteiger partial charge in [-0.15, -0.1) is 11.8 Å². The van der Waals surface area contributed by atoms with Crippen molar-refractivity contribution in [2.45, 2.75) is 17.4 Å². The van der Waals surface area contributed by atoms with Gasteiger partial charge in [0.15, 0.2) is 0 Å². The first-order chi connectivity index (χ1) is 6.90. The summed E-state index contributed by atoms with van der Waals surface area (Å²) in [5.41, 5.74) is 0. The minimum absolute atomic E-state index is 0.350. The fraction of sp³-hybridized carbons (Fsp3) is 0.455. The lowest BCUT2D eigenvalue weighted by Crippen LogP contribution is -2.19. The van der Waals surface area contributed by atoms with Crippen LogP contribution in [0.15, 0.2) is 29.2 Å². The van der Waals surface area contributed by atoms with Crippen LogP contribution < -0.4 is 10.1 Å². The SMILES string of the molecule is CSc1ccccc1OC1CCNC1. The number of thioether (sulfide) groups is 1. The molecule has 1 aliphatic rings. The quantitative estimate of drug-likeness (QED) is 0.771. The molecule has 76 valence electrons. The molecule has 1 aromatic carbocycles. The lowest BCUT2D eigenvalue weighted by molar-refractivity contribution is 0.217. The second-order valence-corrected chi connectivity index (χ2v) is 4.23. The van der Waals surface area contributed by atoms with E-state index in [0.717, 1.165) is 25.3 Å². The molecule has 2 rings (SSSR count). The number of para-hydroxylation sites is 1. The van der Waals surface area contributed by atoms with Crippen LogP contribution in [0.2, 0.25) is 0 Å². The highest BCUT2D eigenvalue weighted by Crippen LogP contribution is 2.28. The molecule has 1 heterocycles. The molecular formula is C11H15NOS. The third-order valence-corrected chi connectivity index (χ3v) is 3.15. The largest absolute Gasteiger partial charge is 0.488 e. The predicted molar refractivity (Wildman–Crippen MR) is 60.1 cm³/mol. The first kappa shape index (κ1) is 9.87. The predicted octanol–water partition coefficient (Wildman–Crippen LogP) is 2.15. The molecule has 0 saturated carbocycles. The Morgan fingerprint density at radius 1 is 1.43 bits per heavy atom. The van der Waals surface area contributed by atoms with Crippen molar-refractivity contribution >= 4 is 11.8 Å². The molecule has 1 saturated heterocycles. The molecule has 0 aliphatic carbocycles. The van der Waals surface area contributed by atoms with E-state index in [2.05, 4.69) is 17.6 Å². The zero-order valence-electron chi connectivity index (χ0n) is 8.32. The Bertz CT molecular complexity index is 297. The van der Waals surface area contributed by atoms with Gasteiger partial charge in [0.25, 0.3) is 0 Å². The minimum Gasteiger partial charge on any atom is -0.488 e. The summed E-state index contributed by atoms with van der Waals surface area (Å²) >= 11 is 1.73. The number of hydrogen-bond acceptors (Lipinski definition) is 3. The van der Waals surface area contributed by atoms with Crippen LogP contribution in [-0.2, 0) is 0 Å². The van der Waals surface area contributed by atoms with Gasteiger partial charge in [0.2, 0.25) is 0 Å². The number of benzene rings is 1. The second kappa shape index (κ2) is 4.71. The zero-order valence-corrected chi connectivity index (χ0v) is 9.14. The van der Waals surface area contributed by atoms with E-state index in [1.807, 2.05) is 18.2 Å². The van der Waals surface area contributed by atoms with Crippen LogP contribution in [0.5, 0.6) is 5.75 Å². The molecule has 1 aromatic rings. The van der Waals surface area contributed by atoms with Gasteiger partial charge in [0.05, 0.1) is 0 Å². The molecule has 1 aliphatic heterocycles. The van der Waals surface area contributed by atoms with Crippen LogP contribution in [0.25, 0.3) is 0 Å². The van der Waals surface area contributed by atoms with Gasteiger partial charge < -0.3 is 10.1 Å². The highest BCUT2D eigenvalue weighted by atomic mass is 32.2. The van der Waals surface area contributed by atoms with E-state index in [1.54, 1.807) is 11.8 Å². The molecule has 0 amide bonds. The highest BCUT2D eigenvalue weighted by molar-refractivity contribution is 7.98. The lowest BCUT2D eigenvalue weighted by atomic mass is 10.3. The van der Waals surface area contributed by atoms with Crippen LogP contribution >= 0.6 is 11.8 Å². The molecule has 0 radical (unpaired) electrons. The third-order valence-electron chi connectivity index (χ3n) is 2.38. The van der Waals surface area contributed by atoms with Crippen LogP contribution in [0, 0.1) is 0 Å². The van der Waals surface area contributed by atoms with E-state index in [1.165, 1.54) is 4.90 Å². The summed E-state index contributed by atoms with van der Waals surface area (Å²) < 4.78 is 5.91. The summed E-state index contributed by atoms with van der Waals surface area (Å²) in [6, 6.07) is 8.22. The standard InChI is InChI=1S/C11H15NOS/c1-14-11-5-3-2-4-10(11)13-9-6-7-12-8-9/h2-5,9,12H,6-8H2,1H3. The van der Waals surface area contributed by atoms with Gasteiger partial charge in [-0.1, -0.05) is 12.1 Å². The van der Waals surface area contributed by atoms with Crippen molar-refractivity contribution < 1.29 is 4.74 Å². The Labute approximate surface area is 89.0 Å². The number of nitrogens with one attached hydrogen (secondary N) is 1. The second-order valence-electron chi connectivity index (χ2n) is 3.38. The van der Waals surface area contributed by atoms with Gasteiger partial charge in [-0.05, 0) is 31.4 Å². The summed E-state index contributed by atoms with van der Waals surface area (Å²) in [4.78, 5) is 1.22. The van der Waals surface area contributed by atoms with Crippen molar-refractivity contribution in [1.29, 1.82) is 0 Å². The van der Waals surface area contributed by atoms with Gasteiger partial charge in [-0.3, -0.25) is 0 Å². The average Bonchev–Trinajstić information content (AvgIpc) is 2.71. The molecule has 1 unspecified atom stereocenters. The van der Waals surface area contributed by atoms with Gasteiger partial charge in [0, 0.05) is 11.4 Å². The summed E-state index contributed by atoms with van der Waals surface area (Å²) in [5, 5.41) is 3.30. The number of hydrogen-bond donors (Lipinski definition) is 1. The molecule has 1 fully saturated rings. The van der Waals surface area contributed by atoms with Gasteiger partial charge >= 0.3 is 0 Å². The summed E-state index contributed by atoms with van der Waals surface area (Å²) in [7, 11) is 0. The van der Waals surface area contributed by atoms with Crippen molar-refractivity contribution in [1.82, 2.24) is 5.32 Å². The van der Waals surface area contributed by atoms with Gasteiger partial charge in [0.1, 0.15) is 11.9 Å². The maximum atomic E-state index is 5.91. The van der Waals surface area contributed by atoms with E-state index in [-0.39, 0.29) is 0 Å². The fourth-order valence-corrected chi connectivity index (χ4v) is 2.16. The van der Waals surface area contributed by atoms with E-state index < -0.39 is 0 Å². The topological polar surface area (TPSA) is 21.3 Å². The van der Waals surface area contributed by atoms with Crippen molar-refractivity contribution in [3.05, 3.63) is 24.3 Å². The van der Waals surface area contributed by atoms with E-state index in [0.29, 0.717) is 6.10 Å². The summed E-state index contributed by atoms with van der Waals surface area (Å²) in [6.07, 6.45) is 3.54. The van der Waals surface area contributed by atoms with Gasteiger partial charge in [-0.25, -0.2) is 0 Å². The fourth-order valence-electron chi connectivity index (χ4n) is 1.62. The van der Waals surface area contributed by atoms with Crippen LogP contribution in [-0.4, -0.2) is 25.4 Å². The Morgan fingerprint density at radius 2 is 2.29 bits per heavy atom. The van der Waals surface area contributed by atoms with Gasteiger partial charge in [-0.2, -0.15) is 0 Å². The molecule has 0 aromatic heterocycles. The molecule has 3 heteroatoms. The Hall–Kier alpha value is -0.670. The normalized spacial score (nSPS) is 21.1. The maximum absolute atomic E-state index is 5.91. The summed E-state index contributed by atoms with van der Waals surface area (Å²) in [5.74, 6) is 1.02. The molecule has 0 bridgehead atoms. The van der Waals surface area contributed by atoms with Crippen LogP contribution in [0.4, 0.5) is 0 Å². The van der Waals surface area contributed by atoms with E-state index >= 15 is 0 Å². The van der Waals surface area contributed by atoms with E-state index in [9.17, 15) is 0 Å². The van der Waals surface area contributed by atoms with Crippen molar-refractivity contribution in [3.63, 3.8) is 0 Å². The molecular weight excluding hydrogens is 194 g/mol. The maximum Gasteiger partial charge on any atom is 0.133 e.